The van der Waals surface area contributed by atoms with Gasteiger partial charge in [0.1, 0.15) is 0 Å². The van der Waals surface area contributed by atoms with Crippen molar-refractivity contribution in [3.05, 3.63) is 34.9 Å². The Balaban J connectivity index is 2.43. The van der Waals surface area contributed by atoms with Gasteiger partial charge in [-0.3, -0.25) is 0 Å². The number of hydrogen-bond acceptors (Lipinski definition) is 2. The van der Waals surface area contributed by atoms with E-state index in [1.165, 1.54) is 0 Å². The third-order valence-corrected chi connectivity index (χ3v) is 3.25. The number of benzene rings is 1. The first-order valence-electron chi connectivity index (χ1n) is 5.68. The van der Waals surface area contributed by atoms with E-state index in [2.05, 4.69) is 22.6 Å². The van der Waals surface area contributed by atoms with Crippen molar-refractivity contribution in [3.63, 3.8) is 0 Å². The molecule has 0 amide bonds. The second-order valence-electron chi connectivity index (χ2n) is 3.99. The zero-order valence-electron chi connectivity index (χ0n) is 10.2. The van der Waals surface area contributed by atoms with Crippen LogP contribution in [0.1, 0.15) is 25.5 Å². The molecule has 0 saturated heterocycles. The highest BCUT2D eigenvalue weighted by Gasteiger charge is 2.10. The van der Waals surface area contributed by atoms with Crippen molar-refractivity contribution < 1.29 is 9.47 Å². The van der Waals surface area contributed by atoms with Crippen LogP contribution in [0.4, 0.5) is 0 Å². The van der Waals surface area contributed by atoms with Gasteiger partial charge in [-0.1, -0.05) is 46.3 Å². The van der Waals surface area contributed by atoms with Crippen LogP contribution in [0, 0.1) is 0 Å². The van der Waals surface area contributed by atoms with Gasteiger partial charge in [-0.15, -0.1) is 0 Å². The molecule has 0 radical (unpaired) electrons. The Morgan fingerprint density at radius 2 is 1.94 bits per heavy atom. The van der Waals surface area contributed by atoms with Crippen molar-refractivity contribution in [2.75, 3.05) is 17.6 Å². The molecule has 0 aliphatic rings. The molecular weight excluding hydrogens is 350 g/mol. The Hall–Kier alpha value is 0.160. The molecule has 4 heteroatoms. The van der Waals surface area contributed by atoms with Gasteiger partial charge >= 0.3 is 0 Å². The van der Waals surface area contributed by atoms with Crippen LogP contribution in [-0.4, -0.2) is 23.7 Å². The molecular formula is C13H18ClIO2. The average Bonchev–Trinajstić information content (AvgIpc) is 2.29. The Kier molecular flexibility index (Phi) is 7.43. The number of hydrogen-bond donors (Lipinski definition) is 0. The molecule has 0 bridgehead atoms. The van der Waals surface area contributed by atoms with E-state index in [9.17, 15) is 0 Å². The summed E-state index contributed by atoms with van der Waals surface area (Å²) in [6.45, 7) is 5.28. The molecule has 0 heterocycles. The van der Waals surface area contributed by atoms with Crippen LogP contribution >= 0.6 is 34.2 Å². The summed E-state index contributed by atoms with van der Waals surface area (Å²) >= 11 is 8.29. The average molecular weight is 369 g/mol. The molecule has 1 aromatic carbocycles. The number of alkyl halides is 1. The van der Waals surface area contributed by atoms with Crippen molar-refractivity contribution in [2.24, 2.45) is 0 Å². The van der Waals surface area contributed by atoms with Crippen molar-refractivity contribution in [1.82, 2.24) is 0 Å². The predicted molar refractivity (Wildman–Crippen MR) is 80.1 cm³/mol. The fraction of sp³-hybridized carbons (Fsp3) is 0.538. The van der Waals surface area contributed by atoms with Crippen molar-refractivity contribution >= 4 is 34.2 Å². The Bertz CT molecular complexity index is 331. The van der Waals surface area contributed by atoms with Gasteiger partial charge in [-0.2, -0.15) is 0 Å². The van der Waals surface area contributed by atoms with Gasteiger partial charge in [-0.05, 0) is 31.5 Å². The van der Waals surface area contributed by atoms with Gasteiger partial charge in [0, 0.05) is 9.45 Å². The molecule has 0 aliphatic carbocycles. The summed E-state index contributed by atoms with van der Waals surface area (Å²) in [7, 11) is 0. The number of ether oxygens (including phenoxy) is 2. The smallest absolute Gasteiger partial charge is 0.0915 e. The Labute approximate surface area is 122 Å². The van der Waals surface area contributed by atoms with Crippen molar-refractivity contribution in [3.8, 4) is 0 Å². The lowest BCUT2D eigenvalue weighted by Gasteiger charge is -2.16. The fourth-order valence-corrected chi connectivity index (χ4v) is 2.37. The van der Waals surface area contributed by atoms with E-state index >= 15 is 0 Å². The second kappa shape index (κ2) is 8.29. The van der Waals surface area contributed by atoms with E-state index in [1.54, 1.807) is 0 Å². The molecule has 1 atom stereocenters. The topological polar surface area (TPSA) is 18.5 Å². The standard InChI is InChI=1S/C13H18ClIO2/c1-10(2)16-6-7-17-13(9-15)11-4-3-5-12(14)8-11/h3-5,8,10,13H,6-7,9H2,1-2H3. The van der Waals surface area contributed by atoms with Crippen LogP contribution in [0.25, 0.3) is 0 Å². The van der Waals surface area contributed by atoms with E-state index in [-0.39, 0.29) is 12.2 Å². The maximum absolute atomic E-state index is 5.97. The van der Waals surface area contributed by atoms with Crippen LogP contribution in [0.3, 0.4) is 0 Å². The summed E-state index contributed by atoms with van der Waals surface area (Å²) in [6.07, 6.45) is 0.341. The first-order valence-corrected chi connectivity index (χ1v) is 7.58. The zero-order chi connectivity index (χ0) is 12.7. The lowest BCUT2D eigenvalue weighted by molar-refractivity contribution is -0.00502. The summed E-state index contributed by atoms with van der Waals surface area (Å²) in [5.41, 5.74) is 1.12. The predicted octanol–water partition coefficient (Wildman–Crippen LogP) is 4.26. The van der Waals surface area contributed by atoms with Crippen molar-refractivity contribution in [2.45, 2.75) is 26.1 Å². The summed E-state index contributed by atoms with van der Waals surface area (Å²) < 4.78 is 12.1. The molecule has 0 aromatic heterocycles. The van der Waals surface area contributed by atoms with Gasteiger partial charge in [0.25, 0.3) is 0 Å². The summed E-state index contributed by atoms with van der Waals surface area (Å²) in [6, 6.07) is 7.81. The molecule has 2 nitrogen and oxygen atoms in total. The zero-order valence-corrected chi connectivity index (χ0v) is 13.1. The van der Waals surface area contributed by atoms with Gasteiger partial charge in [0.15, 0.2) is 0 Å². The van der Waals surface area contributed by atoms with Crippen LogP contribution in [0.5, 0.6) is 0 Å². The molecule has 17 heavy (non-hydrogen) atoms. The minimum absolute atomic E-state index is 0.0880. The molecule has 1 rings (SSSR count). The number of halogens is 2. The first-order chi connectivity index (χ1) is 8.13. The highest BCUT2D eigenvalue weighted by atomic mass is 127. The van der Waals surface area contributed by atoms with Crippen LogP contribution in [0.2, 0.25) is 5.02 Å². The highest BCUT2D eigenvalue weighted by Crippen LogP contribution is 2.22. The molecule has 0 fully saturated rings. The number of rotatable bonds is 7. The van der Waals surface area contributed by atoms with Gasteiger partial charge < -0.3 is 9.47 Å². The van der Waals surface area contributed by atoms with E-state index < -0.39 is 0 Å². The van der Waals surface area contributed by atoms with E-state index in [0.717, 1.165) is 15.0 Å². The first kappa shape index (κ1) is 15.2. The van der Waals surface area contributed by atoms with Crippen LogP contribution < -0.4 is 0 Å². The molecule has 1 aromatic rings. The summed E-state index contributed by atoms with van der Waals surface area (Å²) in [4.78, 5) is 0. The quantitative estimate of drug-likeness (QED) is 0.407. The summed E-state index contributed by atoms with van der Waals surface area (Å²) in [5.74, 6) is 0. The lowest BCUT2D eigenvalue weighted by atomic mass is 10.1. The fourth-order valence-electron chi connectivity index (χ4n) is 1.41. The van der Waals surface area contributed by atoms with Crippen molar-refractivity contribution in [1.29, 1.82) is 0 Å². The van der Waals surface area contributed by atoms with E-state index in [1.807, 2.05) is 38.1 Å². The molecule has 0 N–H and O–H groups in total. The van der Waals surface area contributed by atoms with E-state index in [4.69, 9.17) is 21.1 Å². The SMILES string of the molecule is CC(C)OCCOC(CI)c1cccc(Cl)c1. The van der Waals surface area contributed by atoms with Gasteiger partial charge in [0.2, 0.25) is 0 Å². The summed E-state index contributed by atoms with van der Waals surface area (Å²) in [5, 5.41) is 0.749. The normalized spacial score (nSPS) is 13.0. The largest absolute Gasteiger partial charge is 0.376 e. The Morgan fingerprint density at radius 3 is 2.53 bits per heavy atom. The van der Waals surface area contributed by atoms with Crippen LogP contribution in [0.15, 0.2) is 24.3 Å². The monoisotopic (exact) mass is 368 g/mol. The molecule has 1 unspecified atom stereocenters. The molecule has 0 aliphatic heterocycles. The second-order valence-corrected chi connectivity index (χ2v) is 5.31. The molecule has 96 valence electrons. The molecule has 0 saturated carbocycles. The maximum atomic E-state index is 5.97. The van der Waals surface area contributed by atoms with Gasteiger partial charge in [0.05, 0.1) is 25.4 Å². The lowest BCUT2D eigenvalue weighted by Crippen LogP contribution is -2.13. The van der Waals surface area contributed by atoms with Gasteiger partial charge in [-0.25, -0.2) is 0 Å². The highest BCUT2D eigenvalue weighted by molar-refractivity contribution is 14.1. The third kappa shape index (κ3) is 6.04. The third-order valence-electron chi connectivity index (χ3n) is 2.21. The van der Waals surface area contributed by atoms with Crippen LogP contribution in [-0.2, 0) is 9.47 Å². The minimum Gasteiger partial charge on any atom is -0.376 e. The van der Waals surface area contributed by atoms with E-state index in [0.29, 0.717) is 13.2 Å². The minimum atomic E-state index is 0.0880. The maximum Gasteiger partial charge on any atom is 0.0915 e. The molecule has 0 spiro atoms. The Morgan fingerprint density at radius 1 is 1.24 bits per heavy atom.